The van der Waals surface area contributed by atoms with Gasteiger partial charge in [-0.3, -0.25) is 9.59 Å². The molecule has 2 amide bonds. The van der Waals surface area contributed by atoms with Crippen LogP contribution in [0.2, 0.25) is 0 Å². The minimum absolute atomic E-state index is 0.248. The highest BCUT2D eigenvalue weighted by molar-refractivity contribution is 6.39. The number of fused-ring (bicyclic) bond motifs is 1. The first-order chi connectivity index (χ1) is 13.5. The highest BCUT2D eigenvalue weighted by Crippen LogP contribution is 2.49. The molecule has 0 aromatic heterocycles. The topological polar surface area (TPSA) is 81.8 Å². The van der Waals surface area contributed by atoms with E-state index in [1.165, 1.54) is 17.1 Å². The molecule has 2 heterocycles. The Balaban J connectivity index is 1.28. The van der Waals surface area contributed by atoms with Gasteiger partial charge in [-0.15, -0.1) is 4.91 Å². The van der Waals surface area contributed by atoms with Crippen LogP contribution in [0.25, 0.3) is 0 Å². The van der Waals surface area contributed by atoms with Crippen LogP contribution >= 0.6 is 0 Å². The Labute approximate surface area is 161 Å². The maximum Gasteiger partial charge on any atom is 0.313 e. The van der Waals surface area contributed by atoms with Crippen LogP contribution < -0.4 is 10.3 Å². The Morgan fingerprint density at radius 2 is 1.79 bits per heavy atom. The fraction of sp³-hybridized carbons (Fsp3) is 0.300. The first-order valence-corrected chi connectivity index (χ1v) is 9.17. The number of halogens is 1. The molecular formula is C20H19FN4O3. The van der Waals surface area contributed by atoms with Gasteiger partial charge >= 0.3 is 11.8 Å². The molecule has 0 radical (unpaired) electrons. The van der Waals surface area contributed by atoms with Gasteiger partial charge in [0.05, 0.1) is 16.7 Å². The average molecular weight is 382 g/mol. The minimum Gasteiger partial charge on any atom is -0.334 e. The van der Waals surface area contributed by atoms with Gasteiger partial charge in [0.25, 0.3) is 0 Å². The summed E-state index contributed by atoms with van der Waals surface area (Å²) in [6.07, 6.45) is 2.44. The summed E-state index contributed by atoms with van der Waals surface area (Å²) in [5.41, 5.74) is 2.85. The van der Waals surface area contributed by atoms with Crippen molar-refractivity contribution >= 4 is 28.9 Å². The zero-order valence-electron chi connectivity index (χ0n) is 15.1. The van der Waals surface area contributed by atoms with Gasteiger partial charge in [0, 0.05) is 18.8 Å². The molecule has 8 heteroatoms. The number of likely N-dealkylation sites (tertiary alicyclic amines) is 1. The normalized spacial score (nSPS) is 15.8. The van der Waals surface area contributed by atoms with E-state index in [1.807, 2.05) is 0 Å². The molecule has 1 fully saturated rings. The predicted molar refractivity (Wildman–Crippen MR) is 102 cm³/mol. The summed E-state index contributed by atoms with van der Waals surface area (Å²) in [5.74, 6) is -1.09. The van der Waals surface area contributed by atoms with Crippen molar-refractivity contribution in [1.29, 1.82) is 0 Å². The van der Waals surface area contributed by atoms with Crippen molar-refractivity contribution in [3.05, 3.63) is 58.8 Å². The number of nitrogens with one attached hydrogen (secondary N) is 1. The number of hydrogen-bond donors (Lipinski definition) is 1. The number of piperidine rings is 1. The number of carbonyl (C=O) groups excluding carboxylic acids is 2. The first-order valence-electron chi connectivity index (χ1n) is 9.17. The van der Waals surface area contributed by atoms with E-state index in [1.54, 1.807) is 35.2 Å². The summed E-state index contributed by atoms with van der Waals surface area (Å²) in [7, 11) is 0. The van der Waals surface area contributed by atoms with E-state index in [2.05, 4.69) is 10.6 Å². The molecule has 0 atom stereocenters. The molecular weight excluding hydrogens is 363 g/mol. The van der Waals surface area contributed by atoms with Crippen molar-refractivity contribution in [3.8, 4) is 0 Å². The van der Waals surface area contributed by atoms with Crippen LogP contribution in [0.3, 0.4) is 0 Å². The number of amides is 2. The lowest BCUT2D eigenvalue weighted by molar-refractivity contribution is -0.144. The van der Waals surface area contributed by atoms with Crippen LogP contribution in [-0.2, 0) is 16.0 Å². The van der Waals surface area contributed by atoms with Crippen molar-refractivity contribution in [2.45, 2.75) is 19.3 Å². The van der Waals surface area contributed by atoms with Crippen LogP contribution in [0.15, 0.2) is 47.8 Å². The smallest absolute Gasteiger partial charge is 0.313 e. The fourth-order valence-corrected chi connectivity index (χ4v) is 3.62. The predicted octanol–water partition coefficient (Wildman–Crippen LogP) is 3.38. The Morgan fingerprint density at radius 3 is 2.46 bits per heavy atom. The summed E-state index contributed by atoms with van der Waals surface area (Å²) in [5, 5.41) is 6.60. The lowest BCUT2D eigenvalue weighted by atomic mass is 9.90. The van der Waals surface area contributed by atoms with Gasteiger partial charge in [-0.1, -0.05) is 12.1 Å². The molecule has 0 bridgehead atoms. The first kappa shape index (κ1) is 18.1. The van der Waals surface area contributed by atoms with E-state index in [0.29, 0.717) is 36.1 Å². The maximum absolute atomic E-state index is 13.0. The molecule has 1 N–H and O–H groups in total. The SMILES string of the molecule is O=NN1c2ccc(NC(=O)C(=O)N3CCC(Cc4ccc(F)cc4)CC3)cc21. The number of benzene rings is 2. The molecule has 7 nitrogen and oxygen atoms in total. The quantitative estimate of drug-likeness (QED) is 0.499. The molecule has 2 aliphatic heterocycles. The van der Waals surface area contributed by atoms with Crippen molar-refractivity contribution in [1.82, 2.24) is 4.90 Å². The summed E-state index contributed by atoms with van der Waals surface area (Å²) in [6.45, 7) is 1.04. The molecule has 0 unspecified atom stereocenters. The molecule has 2 aromatic carbocycles. The summed E-state index contributed by atoms with van der Waals surface area (Å²) >= 11 is 0. The standard InChI is InChI=1S/C20H19FN4O3/c21-15-3-1-13(2-4-15)11-14-7-9-24(10-8-14)20(27)19(26)22-16-5-6-17-18(12-16)25(17)23-28/h1-6,12,14H,7-11H2,(H,22,26). The molecule has 2 aliphatic rings. The molecule has 2 aromatic rings. The highest BCUT2D eigenvalue weighted by Gasteiger charge is 2.32. The van der Waals surface area contributed by atoms with E-state index >= 15 is 0 Å². The second kappa shape index (κ2) is 7.38. The van der Waals surface area contributed by atoms with Crippen molar-refractivity contribution in [2.24, 2.45) is 11.2 Å². The Kier molecular flexibility index (Phi) is 4.77. The Bertz CT molecular complexity index is 924. The van der Waals surface area contributed by atoms with Crippen LogP contribution in [0.1, 0.15) is 18.4 Å². The van der Waals surface area contributed by atoms with Crippen molar-refractivity contribution < 1.29 is 14.0 Å². The van der Waals surface area contributed by atoms with Crippen molar-refractivity contribution in [3.63, 3.8) is 0 Å². The molecule has 144 valence electrons. The molecule has 0 aliphatic carbocycles. The van der Waals surface area contributed by atoms with Gasteiger partial charge in [0.1, 0.15) is 5.82 Å². The number of anilines is 3. The van der Waals surface area contributed by atoms with Gasteiger partial charge in [0.2, 0.25) is 0 Å². The summed E-state index contributed by atoms with van der Waals surface area (Å²) < 4.78 is 13.0. The van der Waals surface area contributed by atoms with Crippen LogP contribution in [-0.4, -0.2) is 29.8 Å². The molecule has 0 saturated carbocycles. The van der Waals surface area contributed by atoms with Crippen molar-refractivity contribution in [2.75, 3.05) is 23.4 Å². The Morgan fingerprint density at radius 1 is 1.07 bits per heavy atom. The average Bonchev–Trinajstić information content (AvgIpc) is 3.42. The van der Waals surface area contributed by atoms with E-state index < -0.39 is 11.8 Å². The lowest BCUT2D eigenvalue weighted by Gasteiger charge is -2.31. The van der Waals surface area contributed by atoms with E-state index in [-0.39, 0.29) is 5.82 Å². The largest absolute Gasteiger partial charge is 0.334 e. The van der Waals surface area contributed by atoms with E-state index in [0.717, 1.165) is 24.8 Å². The van der Waals surface area contributed by atoms with Gasteiger partial charge < -0.3 is 10.2 Å². The third kappa shape index (κ3) is 3.71. The third-order valence-electron chi connectivity index (χ3n) is 5.25. The maximum atomic E-state index is 13.0. The Hall–Kier alpha value is -3.29. The number of nitrogens with zero attached hydrogens (tertiary/aromatic N) is 3. The molecule has 1 saturated heterocycles. The monoisotopic (exact) mass is 382 g/mol. The molecule has 0 spiro atoms. The molecule has 28 heavy (non-hydrogen) atoms. The number of carbonyl (C=O) groups is 2. The van der Waals surface area contributed by atoms with Gasteiger partial charge in [-0.25, -0.2) is 4.39 Å². The second-order valence-corrected chi connectivity index (χ2v) is 7.12. The lowest BCUT2D eigenvalue weighted by Crippen LogP contribution is -2.44. The zero-order valence-corrected chi connectivity index (χ0v) is 15.1. The number of hydrogen-bond acceptors (Lipinski definition) is 4. The number of rotatable bonds is 4. The summed E-state index contributed by atoms with van der Waals surface area (Å²) in [6, 6.07) is 11.4. The minimum atomic E-state index is -0.691. The van der Waals surface area contributed by atoms with E-state index in [4.69, 9.17) is 0 Å². The van der Waals surface area contributed by atoms with Gasteiger partial charge in [0.15, 0.2) is 0 Å². The van der Waals surface area contributed by atoms with Crippen LogP contribution in [0, 0.1) is 16.6 Å². The van der Waals surface area contributed by atoms with Crippen LogP contribution in [0.5, 0.6) is 0 Å². The second-order valence-electron chi connectivity index (χ2n) is 7.12. The fourth-order valence-electron chi connectivity index (χ4n) is 3.62. The van der Waals surface area contributed by atoms with Crippen LogP contribution in [0.4, 0.5) is 21.5 Å². The van der Waals surface area contributed by atoms with Gasteiger partial charge in [-0.05, 0) is 61.1 Å². The zero-order chi connectivity index (χ0) is 19.7. The highest BCUT2D eigenvalue weighted by atomic mass is 19.1. The van der Waals surface area contributed by atoms with Gasteiger partial charge in [-0.2, -0.15) is 5.01 Å². The molecule has 4 rings (SSSR count). The third-order valence-corrected chi connectivity index (χ3v) is 5.25. The summed E-state index contributed by atoms with van der Waals surface area (Å²) in [4.78, 5) is 36.8. The van der Waals surface area contributed by atoms with E-state index in [9.17, 15) is 18.9 Å². The number of nitroso groups, excluding NO2 is 1.